The number of rotatable bonds is 5. The second kappa shape index (κ2) is 8.78. The molecule has 0 spiro atoms. The van der Waals surface area contributed by atoms with Crippen LogP contribution in [-0.2, 0) is 18.4 Å². The van der Waals surface area contributed by atoms with Gasteiger partial charge in [-0.15, -0.1) is 0 Å². The molecule has 0 radical (unpaired) electrons. The first-order chi connectivity index (χ1) is 16.1. The number of para-hydroxylation sites is 1. The second-order valence-electron chi connectivity index (χ2n) is 8.55. The molecule has 172 valence electrons. The zero-order valence-electron chi connectivity index (χ0n) is 19.1. The summed E-state index contributed by atoms with van der Waals surface area (Å²) < 4.78 is 7.31. The highest BCUT2D eigenvalue weighted by molar-refractivity contribution is 6.11. The van der Waals surface area contributed by atoms with E-state index in [9.17, 15) is 9.59 Å². The number of aromatic nitrogens is 1. The highest BCUT2D eigenvalue weighted by Gasteiger charge is 2.34. The minimum Gasteiger partial charge on any atom is -0.497 e. The Bertz CT molecular complexity index is 1180. The third-order valence-corrected chi connectivity index (χ3v) is 6.52. The summed E-state index contributed by atoms with van der Waals surface area (Å²) in [6.45, 7) is 4.45. The van der Waals surface area contributed by atoms with E-state index < -0.39 is 0 Å². The van der Waals surface area contributed by atoms with Gasteiger partial charge in [0.1, 0.15) is 5.75 Å². The Morgan fingerprint density at radius 3 is 2.45 bits per heavy atom. The number of imide groups is 1. The maximum Gasteiger partial charge on any atom is 0.331 e. The van der Waals surface area contributed by atoms with E-state index in [0.29, 0.717) is 13.0 Å². The van der Waals surface area contributed by atoms with Gasteiger partial charge in [-0.3, -0.25) is 14.6 Å². The van der Waals surface area contributed by atoms with Crippen molar-refractivity contribution in [3.63, 3.8) is 0 Å². The molecular formula is C25H29N5O3. The number of carbonyl (C=O) groups excluding carboxylic acids is 2. The number of anilines is 2. The summed E-state index contributed by atoms with van der Waals surface area (Å²) in [6.07, 6.45) is 2.45. The van der Waals surface area contributed by atoms with Gasteiger partial charge in [-0.1, -0.05) is 24.3 Å². The monoisotopic (exact) mass is 447 g/mol. The summed E-state index contributed by atoms with van der Waals surface area (Å²) in [6, 6.07) is 13.3. The number of nitrogens with zero attached hydrogens (tertiary/aromatic N) is 4. The van der Waals surface area contributed by atoms with Gasteiger partial charge in [-0.05, 0) is 23.8 Å². The van der Waals surface area contributed by atoms with Gasteiger partial charge >= 0.3 is 6.03 Å². The fraction of sp³-hybridized carbons (Fsp3) is 0.360. The Kier molecular flexibility index (Phi) is 5.68. The lowest BCUT2D eigenvalue weighted by Gasteiger charge is -2.34. The van der Waals surface area contributed by atoms with Gasteiger partial charge in [0.25, 0.3) is 0 Å². The summed E-state index contributed by atoms with van der Waals surface area (Å²) in [5.41, 5.74) is 3.93. The topological polar surface area (TPSA) is 70.1 Å². The smallest absolute Gasteiger partial charge is 0.331 e. The number of methoxy groups -OCH3 is 1. The van der Waals surface area contributed by atoms with Crippen molar-refractivity contribution in [1.82, 2.24) is 14.8 Å². The Balaban J connectivity index is 1.46. The van der Waals surface area contributed by atoms with Crippen molar-refractivity contribution in [2.24, 2.45) is 7.05 Å². The number of hydrogen-bond donors (Lipinski definition) is 1. The fourth-order valence-corrected chi connectivity index (χ4v) is 4.79. The molecule has 33 heavy (non-hydrogen) atoms. The SMILES string of the molecule is COc1ccc(CN2C(=O)CCN(c3cccc4c(N5CCNCC5)cn(C)c34)C2=O)cc1. The Morgan fingerprint density at radius 2 is 1.73 bits per heavy atom. The summed E-state index contributed by atoms with van der Waals surface area (Å²) in [5, 5.41) is 4.53. The first kappa shape index (κ1) is 21.3. The summed E-state index contributed by atoms with van der Waals surface area (Å²) >= 11 is 0. The molecule has 3 aromatic rings. The van der Waals surface area contributed by atoms with Crippen molar-refractivity contribution in [3.8, 4) is 5.75 Å². The number of fused-ring (bicyclic) bond motifs is 1. The highest BCUT2D eigenvalue weighted by atomic mass is 16.5. The molecule has 0 bridgehead atoms. The number of piperazine rings is 1. The zero-order valence-corrected chi connectivity index (χ0v) is 19.1. The predicted octanol–water partition coefficient (Wildman–Crippen LogP) is 2.96. The number of carbonyl (C=O) groups is 2. The number of nitrogens with one attached hydrogen (secondary N) is 1. The molecule has 2 aliphatic heterocycles. The van der Waals surface area contributed by atoms with E-state index in [1.807, 2.05) is 43.4 Å². The van der Waals surface area contributed by atoms with Crippen LogP contribution in [0.25, 0.3) is 10.9 Å². The van der Waals surface area contributed by atoms with Crippen LogP contribution in [0.4, 0.5) is 16.2 Å². The van der Waals surface area contributed by atoms with E-state index in [4.69, 9.17) is 4.74 Å². The lowest BCUT2D eigenvalue weighted by atomic mass is 10.1. The summed E-state index contributed by atoms with van der Waals surface area (Å²) in [4.78, 5) is 31.7. The van der Waals surface area contributed by atoms with Crippen LogP contribution in [0.15, 0.2) is 48.7 Å². The first-order valence-electron chi connectivity index (χ1n) is 11.4. The largest absolute Gasteiger partial charge is 0.497 e. The molecule has 3 heterocycles. The van der Waals surface area contributed by atoms with Crippen molar-refractivity contribution < 1.29 is 14.3 Å². The molecule has 2 aromatic carbocycles. The van der Waals surface area contributed by atoms with Crippen LogP contribution in [0.5, 0.6) is 5.75 Å². The number of urea groups is 1. The van der Waals surface area contributed by atoms with Gasteiger partial charge < -0.3 is 19.5 Å². The lowest BCUT2D eigenvalue weighted by molar-refractivity contribution is -0.129. The average molecular weight is 448 g/mol. The van der Waals surface area contributed by atoms with Crippen molar-refractivity contribution >= 4 is 34.2 Å². The molecule has 2 saturated heterocycles. The van der Waals surface area contributed by atoms with E-state index >= 15 is 0 Å². The lowest BCUT2D eigenvalue weighted by Crippen LogP contribution is -2.52. The first-order valence-corrected chi connectivity index (χ1v) is 11.4. The van der Waals surface area contributed by atoms with Crippen LogP contribution in [0, 0.1) is 0 Å². The van der Waals surface area contributed by atoms with Crippen LogP contribution in [0.3, 0.4) is 0 Å². The Morgan fingerprint density at radius 1 is 0.970 bits per heavy atom. The van der Waals surface area contributed by atoms with E-state index in [1.165, 1.54) is 10.6 Å². The van der Waals surface area contributed by atoms with Gasteiger partial charge in [0.2, 0.25) is 5.91 Å². The number of hydrogen-bond acceptors (Lipinski definition) is 5. The molecule has 0 atom stereocenters. The van der Waals surface area contributed by atoms with Gasteiger partial charge in [-0.25, -0.2) is 4.79 Å². The van der Waals surface area contributed by atoms with Crippen molar-refractivity contribution in [1.29, 1.82) is 0 Å². The quantitative estimate of drug-likeness (QED) is 0.651. The van der Waals surface area contributed by atoms with Gasteiger partial charge in [0, 0.05) is 57.8 Å². The van der Waals surface area contributed by atoms with Crippen LogP contribution in [-0.4, -0.2) is 61.2 Å². The number of amides is 3. The van der Waals surface area contributed by atoms with Crippen LogP contribution in [0.2, 0.25) is 0 Å². The summed E-state index contributed by atoms with van der Waals surface area (Å²) in [5.74, 6) is 0.597. The number of aryl methyl sites for hydroxylation is 1. The van der Waals surface area contributed by atoms with Gasteiger partial charge in [-0.2, -0.15) is 0 Å². The molecule has 8 heteroatoms. The van der Waals surface area contributed by atoms with Crippen LogP contribution in [0.1, 0.15) is 12.0 Å². The van der Waals surface area contributed by atoms with Crippen molar-refractivity contribution in [3.05, 3.63) is 54.2 Å². The molecule has 2 fully saturated rings. The second-order valence-corrected chi connectivity index (χ2v) is 8.55. The summed E-state index contributed by atoms with van der Waals surface area (Å²) in [7, 11) is 3.63. The molecule has 0 unspecified atom stereocenters. The van der Waals surface area contributed by atoms with Crippen molar-refractivity contribution in [2.45, 2.75) is 13.0 Å². The minimum absolute atomic E-state index is 0.146. The van der Waals surface area contributed by atoms with E-state index in [0.717, 1.165) is 54.1 Å². The molecule has 0 saturated carbocycles. The zero-order chi connectivity index (χ0) is 22.9. The number of ether oxygens (including phenoxy) is 1. The minimum atomic E-state index is -0.278. The predicted molar refractivity (Wildman–Crippen MR) is 129 cm³/mol. The maximum atomic E-state index is 13.5. The van der Waals surface area contributed by atoms with E-state index in [2.05, 4.69) is 27.0 Å². The molecule has 0 aliphatic carbocycles. The molecule has 1 aromatic heterocycles. The van der Waals surface area contributed by atoms with Gasteiger partial charge in [0.05, 0.1) is 30.5 Å². The molecule has 2 aliphatic rings. The highest BCUT2D eigenvalue weighted by Crippen LogP contribution is 2.36. The van der Waals surface area contributed by atoms with Gasteiger partial charge in [0.15, 0.2) is 0 Å². The molecule has 1 N–H and O–H groups in total. The normalized spacial score (nSPS) is 17.2. The van der Waals surface area contributed by atoms with Crippen LogP contribution < -0.4 is 19.9 Å². The van der Waals surface area contributed by atoms with E-state index in [1.54, 1.807) is 12.0 Å². The standard InChI is InChI=1S/C25H29N5O3/c1-27-17-22(28-14-11-26-12-15-28)20-4-3-5-21(24(20)27)29-13-10-23(31)30(25(29)32)16-18-6-8-19(33-2)9-7-18/h3-9,17,26H,10-16H2,1-2H3. The maximum absolute atomic E-state index is 13.5. The van der Waals surface area contributed by atoms with E-state index in [-0.39, 0.29) is 18.5 Å². The molecule has 3 amide bonds. The van der Waals surface area contributed by atoms with Crippen molar-refractivity contribution in [2.75, 3.05) is 49.6 Å². The third kappa shape index (κ3) is 3.91. The Labute approximate surface area is 193 Å². The molecular weight excluding hydrogens is 418 g/mol. The molecule has 8 nitrogen and oxygen atoms in total. The third-order valence-electron chi connectivity index (χ3n) is 6.52. The Hall–Kier alpha value is -3.52. The fourth-order valence-electron chi connectivity index (χ4n) is 4.79. The number of benzene rings is 2. The molecule has 5 rings (SSSR count). The van der Waals surface area contributed by atoms with Crippen LogP contribution >= 0.6 is 0 Å². The average Bonchev–Trinajstić information content (AvgIpc) is 3.19.